The first-order chi connectivity index (χ1) is 16.0. The minimum absolute atomic E-state index is 0.0391. The van der Waals surface area contributed by atoms with Crippen molar-refractivity contribution in [1.29, 1.82) is 0 Å². The highest BCUT2D eigenvalue weighted by Gasteiger charge is 2.18. The van der Waals surface area contributed by atoms with E-state index in [4.69, 9.17) is 14.8 Å². The first-order valence-electron chi connectivity index (χ1n) is 10.8. The highest BCUT2D eigenvalue weighted by molar-refractivity contribution is 7.07. The van der Waals surface area contributed by atoms with Crippen LogP contribution in [-0.4, -0.2) is 28.9 Å². The van der Waals surface area contributed by atoms with E-state index in [9.17, 15) is 4.79 Å². The second-order valence-corrected chi connectivity index (χ2v) is 9.07. The summed E-state index contributed by atoms with van der Waals surface area (Å²) >= 11 is 1.55. The van der Waals surface area contributed by atoms with E-state index in [2.05, 4.69) is 49.5 Å². The molecule has 3 aromatic carbocycles. The van der Waals surface area contributed by atoms with Crippen LogP contribution in [0, 0.1) is 0 Å². The number of carbonyl (C=O) groups excluding carboxylic acids is 1. The first-order valence-corrected chi connectivity index (χ1v) is 11.7. The van der Waals surface area contributed by atoms with E-state index in [0.717, 1.165) is 27.3 Å². The normalized spacial score (nSPS) is 14.4. The number of fused-ring (bicyclic) bond motifs is 2. The minimum atomic E-state index is -0.154. The molecule has 1 aliphatic rings. The van der Waals surface area contributed by atoms with Gasteiger partial charge in [0.25, 0.3) is 5.91 Å². The third-order valence-electron chi connectivity index (χ3n) is 5.38. The highest BCUT2D eigenvalue weighted by atomic mass is 32.1. The average Bonchev–Trinajstić information content (AvgIpc) is 3.19. The molecule has 33 heavy (non-hydrogen) atoms. The molecule has 0 bridgehead atoms. The number of thiazole rings is 1. The number of aromatic nitrogens is 1. The summed E-state index contributed by atoms with van der Waals surface area (Å²) in [5.74, 6) is 0.515. The summed E-state index contributed by atoms with van der Waals surface area (Å²) in [5.41, 5.74) is 4.44. The number of anilines is 1. The third-order valence-corrected chi connectivity index (χ3v) is 6.21. The molecule has 166 valence electrons. The van der Waals surface area contributed by atoms with Gasteiger partial charge in [-0.15, -0.1) is 11.3 Å². The highest BCUT2D eigenvalue weighted by Crippen LogP contribution is 2.33. The zero-order valence-electron chi connectivity index (χ0n) is 18.7. The van der Waals surface area contributed by atoms with Crippen LogP contribution in [0.1, 0.15) is 26.3 Å². The number of hydrogen-bond donors (Lipinski definition) is 1. The molecule has 0 saturated heterocycles. The second kappa shape index (κ2) is 8.67. The third kappa shape index (κ3) is 4.32. The monoisotopic (exact) mass is 456 g/mol. The van der Waals surface area contributed by atoms with Gasteiger partial charge in [-0.05, 0) is 61.4 Å². The summed E-state index contributed by atoms with van der Waals surface area (Å²) in [6, 6.07) is 20.6. The van der Waals surface area contributed by atoms with Crippen molar-refractivity contribution in [3.05, 3.63) is 76.4 Å². The number of ether oxygens (including phenoxy) is 1. The molecule has 0 radical (unpaired) electrons. The van der Waals surface area contributed by atoms with E-state index >= 15 is 0 Å². The van der Waals surface area contributed by atoms with Crippen molar-refractivity contribution >= 4 is 39.4 Å². The Balaban J connectivity index is 1.62. The van der Waals surface area contributed by atoms with Crippen LogP contribution < -0.4 is 14.9 Å². The predicted octanol–water partition coefficient (Wildman–Crippen LogP) is 5.28. The number of nitrogens with one attached hydrogen (secondary N) is 1. The average molecular weight is 457 g/mol. The van der Waals surface area contributed by atoms with E-state index in [-0.39, 0.29) is 18.6 Å². The molecule has 4 aromatic rings. The van der Waals surface area contributed by atoms with Crippen LogP contribution in [0.15, 0.2) is 76.1 Å². The summed E-state index contributed by atoms with van der Waals surface area (Å²) in [7, 11) is 0. The zero-order chi connectivity index (χ0) is 22.9. The van der Waals surface area contributed by atoms with Crippen LogP contribution in [0.4, 0.5) is 5.69 Å². The predicted molar refractivity (Wildman–Crippen MR) is 134 cm³/mol. The van der Waals surface area contributed by atoms with Crippen LogP contribution in [0.2, 0.25) is 0 Å². The van der Waals surface area contributed by atoms with Crippen LogP contribution in [0.25, 0.3) is 22.0 Å². The molecule has 1 N–H and O–H groups in total. The number of carbonyl (C=O) groups is 1. The molecule has 2 heterocycles. The molecule has 7 heteroatoms. The maximum atomic E-state index is 11.8. The van der Waals surface area contributed by atoms with Gasteiger partial charge in [0.05, 0.1) is 17.1 Å². The molecule has 0 fully saturated rings. The maximum absolute atomic E-state index is 11.8. The number of benzene rings is 3. The van der Waals surface area contributed by atoms with Gasteiger partial charge in [0, 0.05) is 17.0 Å². The van der Waals surface area contributed by atoms with Crippen molar-refractivity contribution in [3.8, 4) is 17.0 Å². The summed E-state index contributed by atoms with van der Waals surface area (Å²) in [4.78, 5) is 17.4. The van der Waals surface area contributed by atoms with Crippen molar-refractivity contribution in [1.82, 2.24) is 4.68 Å². The van der Waals surface area contributed by atoms with E-state index in [1.165, 1.54) is 10.8 Å². The topological polar surface area (TPSA) is 68.0 Å². The van der Waals surface area contributed by atoms with Gasteiger partial charge in [0.2, 0.25) is 4.80 Å². The van der Waals surface area contributed by atoms with Gasteiger partial charge >= 0.3 is 0 Å². The number of nitrogens with zero attached hydrogens (tertiary/aromatic N) is 3. The van der Waals surface area contributed by atoms with E-state index < -0.39 is 0 Å². The van der Waals surface area contributed by atoms with Gasteiger partial charge < -0.3 is 10.1 Å². The van der Waals surface area contributed by atoms with Gasteiger partial charge in [-0.25, -0.2) is 4.68 Å². The van der Waals surface area contributed by atoms with Gasteiger partial charge in [-0.3, -0.25) is 9.79 Å². The Morgan fingerprint density at radius 3 is 2.73 bits per heavy atom. The maximum Gasteiger partial charge on any atom is 0.262 e. The molecule has 0 unspecified atom stereocenters. The Morgan fingerprint density at radius 2 is 1.91 bits per heavy atom. The SMILES string of the molecule is CC(=Nn1c(-c2ccc3c(c2)NC(=O)CO3)csc1=NC(C)C)c1ccc2ccccc2c1. The van der Waals surface area contributed by atoms with E-state index in [0.29, 0.717) is 11.4 Å². The van der Waals surface area contributed by atoms with Gasteiger partial charge in [-0.1, -0.05) is 36.4 Å². The molecule has 5 rings (SSSR count). The van der Waals surface area contributed by atoms with Gasteiger partial charge in [-0.2, -0.15) is 5.10 Å². The molecule has 0 aliphatic carbocycles. The summed E-state index contributed by atoms with van der Waals surface area (Å²) in [5, 5.41) is 12.3. The van der Waals surface area contributed by atoms with Crippen LogP contribution in [0.5, 0.6) is 5.75 Å². The van der Waals surface area contributed by atoms with Crippen molar-refractivity contribution in [2.24, 2.45) is 10.1 Å². The van der Waals surface area contributed by atoms with Crippen LogP contribution >= 0.6 is 11.3 Å². The smallest absolute Gasteiger partial charge is 0.262 e. The molecule has 0 saturated carbocycles. The zero-order valence-corrected chi connectivity index (χ0v) is 19.5. The Labute approximate surface area is 195 Å². The van der Waals surface area contributed by atoms with Crippen LogP contribution in [0.3, 0.4) is 0 Å². The molecule has 1 aromatic heterocycles. The Morgan fingerprint density at radius 1 is 1.09 bits per heavy atom. The fourth-order valence-electron chi connectivity index (χ4n) is 3.77. The lowest BCUT2D eigenvalue weighted by Crippen LogP contribution is -2.25. The molecule has 1 aliphatic heterocycles. The number of rotatable bonds is 4. The second-order valence-electron chi connectivity index (χ2n) is 8.23. The van der Waals surface area contributed by atoms with Crippen LogP contribution in [-0.2, 0) is 4.79 Å². The molecule has 0 spiro atoms. The standard InChI is InChI=1S/C26H24N4O2S/c1-16(2)27-26-30(29-17(3)19-9-8-18-6-4-5-7-20(18)12-19)23(15-33-26)21-10-11-24-22(13-21)28-25(31)14-32-24/h4-13,15-16H,14H2,1-3H3,(H,28,31). The number of hydrogen-bond acceptors (Lipinski definition) is 5. The van der Waals surface area contributed by atoms with Gasteiger partial charge in [0.15, 0.2) is 6.61 Å². The van der Waals surface area contributed by atoms with Crippen molar-refractivity contribution in [2.75, 3.05) is 11.9 Å². The lowest BCUT2D eigenvalue weighted by molar-refractivity contribution is -0.118. The largest absolute Gasteiger partial charge is 0.482 e. The Kier molecular flexibility index (Phi) is 5.56. The molecular weight excluding hydrogens is 432 g/mol. The molecular formula is C26H24N4O2S. The van der Waals surface area contributed by atoms with Gasteiger partial charge in [0.1, 0.15) is 5.75 Å². The molecule has 1 amide bonds. The lowest BCUT2D eigenvalue weighted by atomic mass is 10.0. The minimum Gasteiger partial charge on any atom is -0.482 e. The Hall–Kier alpha value is -3.71. The van der Waals surface area contributed by atoms with E-state index in [1.807, 2.05) is 47.3 Å². The summed E-state index contributed by atoms with van der Waals surface area (Å²) < 4.78 is 7.40. The fourth-order valence-corrected chi connectivity index (χ4v) is 4.73. The van der Waals surface area contributed by atoms with E-state index in [1.54, 1.807) is 11.3 Å². The molecule has 0 atom stereocenters. The lowest BCUT2D eigenvalue weighted by Gasteiger charge is -2.18. The summed E-state index contributed by atoms with van der Waals surface area (Å²) in [6.45, 7) is 6.15. The molecule has 6 nitrogen and oxygen atoms in total. The first kappa shape index (κ1) is 21.2. The summed E-state index contributed by atoms with van der Waals surface area (Å²) in [6.07, 6.45) is 0. The fraction of sp³-hybridized carbons (Fsp3) is 0.192. The quantitative estimate of drug-likeness (QED) is 0.425. The van der Waals surface area contributed by atoms with Crippen molar-refractivity contribution in [3.63, 3.8) is 0 Å². The number of amides is 1. The Bertz CT molecular complexity index is 1460. The van der Waals surface area contributed by atoms with Crippen molar-refractivity contribution < 1.29 is 9.53 Å². The van der Waals surface area contributed by atoms with Crippen molar-refractivity contribution in [2.45, 2.75) is 26.8 Å².